The largest absolute Gasteiger partial charge is 0.330 e. The van der Waals surface area contributed by atoms with Gasteiger partial charge in [0.2, 0.25) is 0 Å². The van der Waals surface area contributed by atoms with Crippen molar-refractivity contribution < 1.29 is 0 Å². The summed E-state index contributed by atoms with van der Waals surface area (Å²) >= 11 is 0. The maximum absolute atomic E-state index is 5.61. The highest BCUT2D eigenvalue weighted by Crippen LogP contribution is 2.34. The first-order chi connectivity index (χ1) is 6.22. The van der Waals surface area contributed by atoms with Gasteiger partial charge in [-0.25, -0.2) is 0 Å². The Labute approximate surface area is 83.1 Å². The second-order valence-corrected chi connectivity index (χ2v) is 5.11. The van der Waals surface area contributed by atoms with Crippen LogP contribution in [0.1, 0.15) is 52.4 Å². The van der Waals surface area contributed by atoms with Crippen LogP contribution >= 0.6 is 0 Å². The summed E-state index contributed by atoms with van der Waals surface area (Å²) in [5, 5.41) is 0. The summed E-state index contributed by atoms with van der Waals surface area (Å²) in [4.78, 5) is 0. The summed E-state index contributed by atoms with van der Waals surface area (Å²) in [6.07, 6.45) is 8.50. The zero-order chi connectivity index (χ0) is 9.68. The van der Waals surface area contributed by atoms with E-state index in [1.165, 1.54) is 38.5 Å². The SMILES string of the molecule is CC(C)CC1CCCC(CCN)C1. The molecule has 13 heavy (non-hydrogen) atoms. The highest BCUT2D eigenvalue weighted by molar-refractivity contribution is 4.74. The molecule has 78 valence electrons. The molecule has 0 saturated heterocycles. The Morgan fingerprint density at radius 2 is 1.92 bits per heavy atom. The zero-order valence-electron chi connectivity index (χ0n) is 9.26. The molecule has 2 unspecified atom stereocenters. The van der Waals surface area contributed by atoms with Crippen LogP contribution in [0.15, 0.2) is 0 Å². The monoisotopic (exact) mass is 183 g/mol. The van der Waals surface area contributed by atoms with Crippen molar-refractivity contribution >= 4 is 0 Å². The van der Waals surface area contributed by atoms with Crippen molar-refractivity contribution in [3.63, 3.8) is 0 Å². The molecular weight excluding hydrogens is 158 g/mol. The molecule has 0 aromatic carbocycles. The van der Waals surface area contributed by atoms with Gasteiger partial charge in [0.15, 0.2) is 0 Å². The third-order valence-electron chi connectivity index (χ3n) is 3.27. The summed E-state index contributed by atoms with van der Waals surface area (Å²) in [7, 11) is 0. The Bertz CT molecular complexity index is 129. The average molecular weight is 183 g/mol. The summed E-state index contributed by atoms with van der Waals surface area (Å²) in [5.41, 5.74) is 5.61. The van der Waals surface area contributed by atoms with Crippen LogP contribution in [-0.2, 0) is 0 Å². The molecule has 1 nitrogen and oxygen atoms in total. The summed E-state index contributed by atoms with van der Waals surface area (Å²) in [6, 6.07) is 0. The molecule has 0 spiro atoms. The lowest BCUT2D eigenvalue weighted by atomic mass is 9.77. The van der Waals surface area contributed by atoms with Gasteiger partial charge in [-0.15, -0.1) is 0 Å². The predicted octanol–water partition coefficient (Wildman–Crippen LogP) is 3.19. The second kappa shape index (κ2) is 5.64. The van der Waals surface area contributed by atoms with Gasteiger partial charge in [0.25, 0.3) is 0 Å². The van der Waals surface area contributed by atoms with E-state index in [9.17, 15) is 0 Å². The molecule has 1 heteroatoms. The van der Waals surface area contributed by atoms with E-state index < -0.39 is 0 Å². The fraction of sp³-hybridized carbons (Fsp3) is 1.00. The van der Waals surface area contributed by atoms with Crippen molar-refractivity contribution in [2.75, 3.05) is 6.54 Å². The molecule has 2 N–H and O–H groups in total. The molecule has 0 bridgehead atoms. The van der Waals surface area contributed by atoms with Crippen molar-refractivity contribution in [3.8, 4) is 0 Å². The van der Waals surface area contributed by atoms with Gasteiger partial charge in [0.1, 0.15) is 0 Å². The Morgan fingerprint density at radius 1 is 1.23 bits per heavy atom. The van der Waals surface area contributed by atoms with Crippen LogP contribution in [0.5, 0.6) is 0 Å². The molecule has 1 fully saturated rings. The normalized spacial score (nSPS) is 29.5. The van der Waals surface area contributed by atoms with E-state index >= 15 is 0 Å². The quantitative estimate of drug-likeness (QED) is 0.711. The van der Waals surface area contributed by atoms with E-state index in [4.69, 9.17) is 5.73 Å². The average Bonchev–Trinajstić information content (AvgIpc) is 2.04. The molecule has 0 aromatic rings. The van der Waals surface area contributed by atoms with Gasteiger partial charge in [0.05, 0.1) is 0 Å². The van der Waals surface area contributed by atoms with Crippen molar-refractivity contribution in [2.24, 2.45) is 23.5 Å². The van der Waals surface area contributed by atoms with Crippen LogP contribution in [0, 0.1) is 17.8 Å². The predicted molar refractivity (Wildman–Crippen MR) is 58.6 cm³/mol. The number of hydrogen-bond donors (Lipinski definition) is 1. The molecule has 1 aliphatic rings. The maximum Gasteiger partial charge on any atom is -0.00746 e. The highest BCUT2D eigenvalue weighted by Gasteiger charge is 2.21. The van der Waals surface area contributed by atoms with Crippen LogP contribution in [0.25, 0.3) is 0 Å². The van der Waals surface area contributed by atoms with E-state index in [1.54, 1.807) is 0 Å². The van der Waals surface area contributed by atoms with Crippen LogP contribution < -0.4 is 5.73 Å². The van der Waals surface area contributed by atoms with Crippen molar-refractivity contribution in [1.29, 1.82) is 0 Å². The Balaban J connectivity index is 2.24. The fourth-order valence-corrected chi connectivity index (χ4v) is 2.78. The van der Waals surface area contributed by atoms with E-state index in [1.807, 2.05) is 0 Å². The van der Waals surface area contributed by atoms with Gasteiger partial charge in [-0.3, -0.25) is 0 Å². The third kappa shape index (κ3) is 4.12. The summed E-state index contributed by atoms with van der Waals surface area (Å²) in [5.74, 6) is 2.83. The molecule has 1 rings (SSSR count). The zero-order valence-corrected chi connectivity index (χ0v) is 9.26. The van der Waals surface area contributed by atoms with Gasteiger partial charge in [-0.05, 0) is 43.6 Å². The second-order valence-electron chi connectivity index (χ2n) is 5.11. The third-order valence-corrected chi connectivity index (χ3v) is 3.27. The van der Waals surface area contributed by atoms with Crippen LogP contribution in [-0.4, -0.2) is 6.54 Å². The van der Waals surface area contributed by atoms with Gasteiger partial charge >= 0.3 is 0 Å². The molecule has 0 amide bonds. The van der Waals surface area contributed by atoms with E-state index in [0.717, 1.165) is 24.3 Å². The maximum atomic E-state index is 5.61. The van der Waals surface area contributed by atoms with Crippen LogP contribution in [0.3, 0.4) is 0 Å². The Hall–Kier alpha value is -0.0400. The lowest BCUT2D eigenvalue weighted by Gasteiger charge is -2.29. The standard InChI is InChI=1S/C12H25N/c1-10(2)8-12-5-3-4-11(9-12)6-7-13/h10-12H,3-9,13H2,1-2H3. The number of nitrogens with two attached hydrogens (primary N) is 1. The van der Waals surface area contributed by atoms with E-state index in [-0.39, 0.29) is 0 Å². The molecule has 2 atom stereocenters. The van der Waals surface area contributed by atoms with Crippen molar-refractivity contribution in [2.45, 2.75) is 52.4 Å². The molecule has 1 saturated carbocycles. The highest BCUT2D eigenvalue weighted by atomic mass is 14.5. The smallest absolute Gasteiger partial charge is 0.00746 e. The first kappa shape index (κ1) is 11.0. The van der Waals surface area contributed by atoms with Gasteiger partial charge in [-0.1, -0.05) is 33.1 Å². The van der Waals surface area contributed by atoms with Crippen LogP contribution in [0.4, 0.5) is 0 Å². The van der Waals surface area contributed by atoms with Gasteiger partial charge in [0, 0.05) is 0 Å². The lowest BCUT2D eigenvalue weighted by Crippen LogP contribution is -2.19. The van der Waals surface area contributed by atoms with Crippen LogP contribution in [0.2, 0.25) is 0 Å². The topological polar surface area (TPSA) is 26.0 Å². The fourth-order valence-electron chi connectivity index (χ4n) is 2.78. The molecule has 1 aliphatic carbocycles. The Morgan fingerprint density at radius 3 is 2.54 bits per heavy atom. The minimum Gasteiger partial charge on any atom is -0.330 e. The van der Waals surface area contributed by atoms with Gasteiger partial charge in [-0.2, -0.15) is 0 Å². The molecular formula is C12H25N. The van der Waals surface area contributed by atoms with Gasteiger partial charge < -0.3 is 5.73 Å². The first-order valence-corrected chi connectivity index (χ1v) is 5.92. The minimum atomic E-state index is 0.877. The Kier molecular flexibility index (Phi) is 4.79. The van der Waals surface area contributed by atoms with Crippen molar-refractivity contribution in [1.82, 2.24) is 0 Å². The summed E-state index contributed by atoms with van der Waals surface area (Å²) in [6.45, 7) is 5.57. The summed E-state index contributed by atoms with van der Waals surface area (Å²) < 4.78 is 0. The van der Waals surface area contributed by atoms with Crippen molar-refractivity contribution in [3.05, 3.63) is 0 Å². The molecule has 0 radical (unpaired) electrons. The molecule has 0 heterocycles. The number of hydrogen-bond acceptors (Lipinski definition) is 1. The molecule has 0 aromatic heterocycles. The van der Waals surface area contributed by atoms with E-state index in [2.05, 4.69) is 13.8 Å². The first-order valence-electron chi connectivity index (χ1n) is 5.92. The minimum absolute atomic E-state index is 0.877. The lowest BCUT2D eigenvalue weighted by molar-refractivity contribution is 0.229. The molecule has 0 aliphatic heterocycles. The number of rotatable bonds is 4. The van der Waals surface area contributed by atoms with E-state index in [0.29, 0.717) is 0 Å².